The van der Waals surface area contributed by atoms with Crippen molar-refractivity contribution in [3.8, 4) is 0 Å². The fraction of sp³-hybridized carbons (Fsp3) is 0.176. The van der Waals surface area contributed by atoms with Crippen LogP contribution >= 0.6 is 34.8 Å². The zero-order valence-corrected chi connectivity index (χ0v) is 56.8. The molecular formula is C74H74AlCl3LiN15O7. The SMILES string of the molecule is C.COC(=O)c1cc(Cc2cc(C(=O)NCc3ccc(N)nc3C)ccn2)cc2cc(Cl)cnc12.Cc1nc(N)ccc1CNC(=O)c1ccnc(Cc2cc(CO)c3ncc(Cl)cc3c2)c1.Cc1nc(N)ccc1CNC(=O)c1ccnc(Cc2cc(CO)c3ncc(Cl)cc3c2)c1.[AlH3].[H-].[Li+]. The van der Waals surface area contributed by atoms with E-state index >= 15 is 0 Å². The molecule has 12 aromatic rings. The van der Waals surface area contributed by atoms with Gasteiger partial charge in [-0.1, -0.05) is 72.6 Å². The minimum absolute atomic E-state index is 0. The summed E-state index contributed by atoms with van der Waals surface area (Å²) < 4.78 is 4.92. The maximum absolute atomic E-state index is 12.7. The molecule has 512 valence electrons. The Bertz CT molecular complexity index is 4830. The minimum Gasteiger partial charge on any atom is -1.00 e. The van der Waals surface area contributed by atoms with Gasteiger partial charge in [-0.05, 0) is 151 Å². The molecule has 27 heteroatoms. The fourth-order valence-corrected chi connectivity index (χ4v) is 11.3. The molecule has 101 heavy (non-hydrogen) atoms. The molecule has 0 atom stereocenters. The number of esters is 1. The predicted octanol–water partition coefficient (Wildman–Crippen LogP) is 7.61. The van der Waals surface area contributed by atoms with Crippen LogP contribution in [0.25, 0.3) is 32.7 Å². The first-order chi connectivity index (χ1) is 47.2. The number of carbonyl (C=O) groups is 4. The van der Waals surface area contributed by atoms with E-state index in [1.807, 2.05) is 81.4 Å². The van der Waals surface area contributed by atoms with Crippen LogP contribution in [0, 0.1) is 20.8 Å². The molecule has 0 fully saturated rings. The van der Waals surface area contributed by atoms with Crippen molar-refractivity contribution in [2.24, 2.45) is 0 Å². The van der Waals surface area contributed by atoms with Gasteiger partial charge in [0.1, 0.15) is 17.5 Å². The van der Waals surface area contributed by atoms with E-state index in [0.717, 1.165) is 83.7 Å². The Hall–Kier alpha value is -10.0. The summed E-state index contributed by atoms with van der Waals surface area (Å²) in [7, 11) is 1.32. The van der Waals surface area contributed by atoms with Crippen LogP contribution in [0.15, 0.2) is 165 Å². The van der Waals surface area contributed by atoms with Crippen molar-refractivity contribution in [3.05, 3.63) is 281 Å². The van der Waals surface area contributed by atoms with E-state index in [1.165, 1.54) is 13.3 Å². The number of aromatic nitrogens is 9. The van der Waals surface area contributed by atoms with Crippen molar-refractivity contribution in [2.45, 2.75) is 80.3 Å². The predicted molar refractivity (Wildman–Crippen MR) is 396 cm³/mol. The van der Waals surface area contributed by atoms with Gasteiger partial charge in [-0.2, -0.15) is 0 Å². The van der Waals surface area contributed by atoms with E-state index in [-0.39, 0.29) is 76.0 Å². The molecule has 3 amide bonds. The van der Waals surface area contributed by atoms with Crippen LogP contribution in [-0.4, -0.2) is 103 Å². The van der Waals surface area contributed by atoms with Gasteiger partial charge in [0.05, 0.1) is 57.5 Å². The van der Waals surface area contributed by atoms with Crippen LogP contribution < -0.4 is 52.0 Å². The Morgan fingerprint density at radius 1 is 0.446 bits per heavy atom. The summed E-state index contributed by atoms with van der Waals surface area (Å²) in [5, 5.41) is 32.1. The number of benzene rings is 3. The quantitative estimate of drug-likeness (QED) is 0.0302. The maximum Gasteiger partial charge on any atom is 1.00 e. The second-order valence-corrected chi connectivity index (χ2v) is 24.1. The first-order valence-corrected chi connectivity index (χ1v) is 31.7. The molecule has 0 aliphatic rings. The Labute approximate surface area is 622 Å². The number of nitrogen functional groups attached to an aromatic ring is 3. The number of nitrogens with zero attached hydrogens (tertiary/aromatic N) is 9. The summed E-state index contributed by atoms with van der Waals surface area (Å²) >= 11 is 18.3. The average molecular weight is 1430 g/mol. The number of fused-ring (bicyclic) bond motifs is 3. The first-order valence-electron chi connectivity index (χ1n) is 30.6. The van der Waals surface area contributed by atoms with Crippen LogP contribution in [0.5, 0.6) is 0 Å². The summed E-state index contributed by atoms with van der Waals surface area (Å²) in [4.78, 5) is 89.1. The Morgan fingerprint density at radius 2 is 0.762 bits per heavy atom. The Balaban J connectivity index is 0.000000236. The van der Waals surface area contributed by atoms with Gasteiger partial charge in [-0.25, -0.2) is 19.7 Å². The van der Waals surface area contributed by atoms with Gasteiger partial charge in [0, 0.05) is 154 Å². The molecule has 0 saturated carbocycles. The van der Waals surface area contributed by atoms with E-state index in [9.17, 15) is 29.4 Å². The van der Waals surface area contributed by atoms with E-state index in [4.69, 9.17) is 56.7 Å². The topological polar surface area (TPSA) is 348 Å². The van der Waals surface area contributed by atoms with Gasteiger partial charge >= 0.3 is 24.8 Å². The summed E-state index contributed by atoms with van der Waals surface area (Å²) in [6, 6.07) is 37.7. The van der Waals surface area contributed by atoms with Crippen molar-refractivity contribution in [1.82, 2.24) is 60.8 Å². The zero-order valence-electron chi connectivity index (χ0n) is 55.6. The van der Waals surface area contributed by atoms with Gasteiger partial charge in [0.25, 0.3) is 17.7 Å². The molecule has 0 radical (unpaired) electrons. The van der Waals surface area contributed by atoms with E-state index < -0.39 is 5.97 Å². The molecule has 9 heterocycles. The number of nitrogens with two attached hydrogens (primary N) is 3. The van der Waals surface area contributed by atoms with Crippen molar-refractivity contribution >= 4 is 126 Å². The average Bonchev–Trinajstić information content (AvgIpc) is 0.803. The molecule has 0 unspecified atom stereocenters. The molecule has 0 saturated heterocycles. The van der Waals surface area contributed by atoms with Crippen molar-refractivity contribution in [1.29, 1.82) is 0 Å². The number of carbonyl (C=O) groups excluding carboxylic acids is 4. The van der Waals surface area contributed by atoms with E-state index in [1.54, 1.807) is 97.7 Å². The first kappa shape index (κ1) is 78.3. The van der Waals surface area contributed by atoms with Crippen LogP contribution in [0.1, 0.15) is 129 Å². The Kier molecular flexibility index (Phi) is 28.2. The van der Waals surface area contributed by atoms with Gasteiger partial charge < -0.3 is 49.5 Å². The third-order valence-corrected chi connectivity index (χ3v) is 16.3. The number of hydrogen-bond donors (Lipinski definition) is 8. The summed E-state index contributed by atoms with van der Waals surface area (Å²) in [5.41, 5.74) is 32.1. The molecule has 12 rings (SSSR count). The number of aliphatic hydroxyl groups is 2. The smallest absolute Gasteiger partial charge is 1.00 e. The van der Waals surface area contributed by atoms with Gasteiger partial charge in [0.2, 0.25) is 0 Å². The van der Waals surface area contributed by atoms with Crippen molar-refractivity contribution in [3.63, 3.8) is 0 Å². The number of ether oxygens (including phenoxy) is 1. The second kappa shape index (κ2) is 36.4. The summed E-state index contributed by atoms with van der Waals surface area (Å²) in [5.74, 6) is 0.221. The van der Waals surface area contributed by atoms with Crippen LogP contribution in [0.4, 0.5) is 17.5 Å². The van der Waals surface area contributed by atoms with Crippen molar-refractivity contribution < 1.29 is 54.4 Å². The molecule has 11 N–H and O–H groups in total. The van der Waals surface area contributed by atoms with E-state index in [2.05, 4.69) is 60.8 Å². The van der Waals surface area contributed by atoms with Gasteiger partial charge in [-0.3, -0.25) is 44.3 Å². The summed E-state index contributed by atoms with van der Waals surface area (Å²) in [6.45, 7) is 6.34. The zero-order chi connectivity index (χ0) is 69.6. The minimum atomic E-state index is -0.491. The fourth-order valence-electron chi connectivity index (χ4n) is 10.8. The molecule has 0 bridgehead atoms. The Morgan fingerprint density at radius 3 is 1.08 bits per heavy atom. The molecule has 9 aromatic heterocycles. The largest absolute Gasteiger partial charge is 1.00 e. The van der Waals surface area contributed by atoms with E-state index in [0.29, 0.717) is 121 Å². The number of methoxy groups -OCH3 is 1. The number of rotatable bonds is 18. The van der Waals surface area contributed by atoms with Crippen LogP contribution in [-0.2, 0) is 56.8 Å². The third-order valence-electron chi connectivity index (χ3n) is 15.7. The second-order valence-electron chi connectivity index (χ2n) is 22.8. The number of anilines is 3. The van der Waals surface area contributed by atoms with Crippen LogP contribution in [0.2, 0.25) is 15.1 Å². The standard InChI is InChI=1S/C25H22ClN5O3.2C24H22ClN5O2.CH4.Al.Li.4H/c1-14-17(3-4-22(27)31-14)12-30-24(32)16-5-6-28-20(11-16)8-15-7-18-10-19(26)13-29-23(18)21(9-15)25(33)34-2;2*1-14-17(2-3-22(26)30-14)11-29-24(32)16-4-5-27-21(10-16)8-15-6-18-9-20(25)12-28-23(18)19(7-15)13-31;;;;;;;/h3-7,9-11,13H,8,12H2,1-2H3,(H2,27,31)(H,30,32);2*2-7,9-10,12,31H,8,11,13H2,1H3,(H2,26,30)(H,29,32);1H4;;;;;;/q;;;;;+1;;;;-1. The number of amides is 3. The third kappa shape index (κ3) is 20.8. The number of aryl methyl sites for hydroxylation is 3. The molecule has 0 aliphatic carbocycles. The summed E-state index contributed by atoms with van der Waals surface area (Å²) in [6.07, 6.45) is 10.8. The molecular weight excluding hydrogens is 1350 g/mol. The normalized spacial score (nSPS) is 10.6. The van der Waals surface area contributed by atoms with Gasteiger partial charge in [0.15, 0.2) is 17.4 Å². The number of pyridine rings is 9. The monoisotopic (exact) mass is 1420 g/mol. The molecule has 22 nitrogen and oxygen atoms in total. The van der Waals surface area contributed by atoms with Crippen molar-refractivity contribution in [2.75, 3.05) is 24.3 Å². The number of hydrogen-bond acceptors (Lipinski definition) is 19. The molecule has 0 spiro atoms. The number of aliphatic hydroxyl groups excluding tert-OH is 2. The number of halogens is 3. The van der Waals surface area contributed by atoms with Crippen LogP contribution in [0.3, 0.4) is 0 Å². The number of nitrogens with one attached hydrogen (secondary N) is 3. The molecule has 3 aromatic carbocycles. The maximum atomic E-state index is 12.7. The van der Waals surface area contributed by atoms with Gasteiger partial charge in [-0.15, -0.1) is 0 Å². The molecule has 0 aliphatic heterocycles.